The Kier molecular flexibility index (Phi) is 6.87. The minimum Gasteiger partial charge on any atom is -0.325 e. The van der Waals surface area contributed by atoms with Gasteiger partial charge in [-0.3, -0.25) is 19.3 Å². The first kappa shape index (κ1) is 22.6. The van der Waals surface area contributed by atoms with Gasteiger partial charge in [-0.15, -0.1) is 0 Å². The van der Waals surface area contributed by atoms with Crippen molar-refractivity contribution in [1.82, 2.24) is 9.21 Å². The second-order valence-electron chi connectivity index (χ2n) is 7.22. The number of imide groups is 1. The fourth-order valence-corrected chi connectivity index (χ4v) is 5.06. The molecule has 0 unspecified atom stereocenters. The van der Waals surface area contributed by atoms with Crippen molar-refractivity contribution >= 4 is 33.4 Å². The molecule has 0 saturated heterocycles. The Bertz CT molecular complexity index is 1060. The highest BCUT2D eigenvalue weighted by molar-refractivity contribution is 7.89. The molecule has 164 valence electrons. The lowest BCUT2D eigenvalue weighted by molar-refractivity contribution is -0.116. The van der Waals surface area contributed by atoms with E-state index < -0.39 is 34.3 Å². The fourth-order valence-electron chi connectivity index (χ4n) is 3.44. The molecule has 0 atom stereocenters. The van der Waals surface area contributed by atoms with E-state index in [1.807, 2.05) is 13.8 Å². The highest BCUT2D eigenvalue weighted by Crippen LogP contribution is 2.23. The summed E-state index contributed by atoms with van der Waals surface area (Å²) in [6.45, 7) is 4.30. The SMILES string of the molecule is CCCN(CCC)S(=O)(=O)c1ccc(NC(=O)CN2C(=O)c3ccccc3C2=O)cc1. The molecule has 31 heavy (non-hydrogen) atoms. The predicted octanol–water partition coefficient (Wildman–Crippen LogP) is 2.73. The van der Waals surface area contributed by atoms with E-state index in [1.165, 1.54) is 28.6 Å². The van der Waals surface area contributed by atoms with Gasteiger partial charge in [0.15, 0.2) is 0 Å². The summed E-state index contributed by atoms with van der Waals surface area (Å²) in [5.41, 5.74) is 0.926. The van der Waals surface area contributed by atoms with Crippen molar-refractivity contribution in [2.24, 2.45) is 0 Å². The molecule has 0 spiro atoms. The molecule has 0 bridgehead atoms. The van der Waals surface area contributed by atoms with Gasteiger partial charge in [0.05, 0.1) is 16.0 Å². The average Bonchev–Trinajstić information content (AvgIpc) is 2.99. The smallest absolute Gasteiger partial charge is 0.262 e. The lowest BCUT2D eigenvalue weighted by atomic mass is 10.1. The number of amides is 3. The summed E-state index contributed by atoms with van der Waals surface area (Å²) in [6, 6.07) is 12.3. The van der Waals surface area contributed by atoms with Crippen LogP contribution >= 0.6 is 0 Å². The molecular formula is C22H25N3O5S. The zero-order chi connectivity index (χ0) is 22.6. The number of anilines is 1. The van der Waals surface area contributed by atoms with Gasteiger partial charge in [-0.05, 0) is 49.2 Å². The van der Waals surface area contributed by atoms with E-state index in [4.69, 9.17) is 0 Å². The fraction of sp³-hybridized carbons (Fsp3) is 0.318. The molecule has 9 heteroatoms. The molecular weight excluding hydrogens is 418 g/mol. The largest absolute Gasteiger partial charge is 0.325 e. The molecule has 2 aromatic carbocycles. The van der Waals surface area contributed by atoms with Gasteiger partial charge in [-0.2, -0.15) is 4.31 Å². The van der Waals surface area contributed by atoms with E-state index in [-0.39, 0.29) is 16.0 Å². The maximum absolute atomic E-state index is 12.8. The van der Waals surface area contributed by atoms with E-state index in [0.29, 0.717) is 31.6 Å². The van der Waals surface area contributed by atoms with Gasteiger partial charge >= 0.3 is 0 Å². The van der Waals surface area contributed by atoms with Gasteiger partial charge in [0.25, 0.3) is 11.8 Å². The first-order valence-electron chi connectivity index (χ1n) is 10.1. The van der Waals surface area contributed by atoms with Crippen molar-refractivity contribution in [2.45, 2.75) is 31.6 Å². The number of hydrogen-bond acceptors (Lipinski definition) is 5. The number of sulfonamides is 1. The molecule has 0 fully saturated rings. The number of benzene rings is 2. The van der Waals surface area contributed by atoms with Crippen molar-refractivity contribution in [2.75, 3.05) is 25.0 Å². The zero-order valence-corrected chi connectivity index (χ0v) is 18.3. The zero-order valence-electron chi connectivity index (χ0n) is 17.5. The molecule has 0 saturated carbocycles. The molecule has 1 aliphatic rings. The average molecular weight is 444 g/mol. The van der Waals surface area contributed by atoms with Crippen LogP contribution in [0.15, 0.2) is 53.4 Å². The van der Waals surface area contributed by atoms with Gasteiger partial charge < -0.3 is 5.32 Å². The molecule has 0 aliphatic carbocycles. The number of nitrogens with one attached hydrogen (secondary N) is 1. The van der Waals surface area contributed by atoms with Crippen LogP contribution in [0.4, 0.5) is 5.69 Å². The predicted molar refractivity (Wildman–Crippen MR) is 116 cm³/mol. The molecule has 0 radical (unpaired) electrons. The Morgan fingerprint density at radius 2 is 1.42 bits per heavy atom. The van der Waals surface area contributed by atoms with Gasteiger partial charge in [-0.25, -0.2) is 8.42 Å². The molecule has 8 nitrogen and oxygen atoms in total. The van der Waals surface area contributed by atoms with Gasteiger partial charge in [0.1, 0.15) is 6.54 Å². The highest BCUT2D eigenvalue weighted by Gasteiger charge is 2.36. The number of fused-ring (bicyclic) bond motifs is 1. The molecule has 1 N–H and O–H groups in total. The summed E-state index contributed by atoms with van der Waals surface area (Å²) in [5, 5.41) is 2.60. The molecule has 2 aromatic rings. The van der Waals surface area contributed by atoms with Crippen LogP contribution in [0.2, 0.25) is 0 Å². The quantitative estimate of drug-likeness (QED) is 0.600. The normalized spacial score (nSPS) is 13.6. The van der Waals surface area contributed by atoms with Crippen LogP contribution in [-0.4, -0.2) is 55.0 Å². The summed E-state index contributed by atoms with van der Waals surface area (Å²) in [5.74, 6) is -1.57. The van der Waals surface area contributed by atoms with E-state index in [9.17, 15) is 22.8 Å². The number of nitrogens with zero attached hydrogens (tertiary/aromatic N) is 2. The first-order chi connectivity index (χ1) is 14.8. The monoisotopic (exact) mass is 443 g/mol. The maximum Gasteiger partial charge on any atom is 0.262 e. The summed E-state index contributed by atoms with van der Waals surface area (Å²) in [6.07, 6.45) is 1.43. The van der Waals surface area contributed by atoms with E-state index in [2.05, 4.69) is 5.32 Å². The van der Waals surface area contributed by atoms with E-state index in [0.717, 1.165) is 4.90 Å². The van der Waals surface area contributed by atoms with Crippen LogP contribution in [-0.2, 0) is 14.8 Å². The van der Waals surface area contributed by atoms with Crippen LogP contribution in [0.3, 0.4) is 0 Å². The van der Waals surface area contributed by atoms with Crippen molar-refractivity contribution < 1.29 is 22.8 Å². The molecule has 0 aromatic heterocycles. The Labute approximate surface area is 181 Å². The van der Waals surface area contributed by atoms with E-state index in [1.54, 1.807) is 24.3 Å². The van der Waals surface area contributed by atoms with Crippen LogP contribution in [0, 0.1) is 0 Å². The van der Waals surface area contributed by atoms with Crippen LogP contribution in [0.1, 0.15) is 47.4 Å². The van der Waals surface area contributed by atoms with Crippen molar-refractivity contribution in [1.29, 1.82) is 0 Å². The third-order valence-corrected chi connectivity index (χ3v) is 6.81. The third kappa shape index (κ3) is 4.67. The lowest BCUT2D eigenvalue weighted by Gasteiger charge is -2.21. The standard InChI is InChI=1S/C22H25N3O5S/c1-3-13-24(14-4-2)31(29,30)17-11-9-16(10-12-17)23-20(26)15-25-21(27)18-7-5-6-8-19(18)22(25)28/h5-12H,3-4,13-15H2,1-2H3,(H,23,26). The third-order valence-electron chi connectivity index (χ3n) is 4.90. The number of carbonyl (C=O) groups excluding carboxylic acids is 3. The first-order valence-corrected chi connectivity index (χ1v) is 11.6. The Morgan fingerprint density at radius 3 is 1.90 bits per heavy atom. The van der Waals surface area contributed by atoms with E-state index >= 15 is 0 Å². The second kappa shape index (κ2) is 9.40. The highest BCUT2D eigenvalue weighted by atomic mass is 32.2. The number of hydrogen-bond donors (Lipinski definition) is 1. The summed E-state index contributed by atoms with van der Waals surface area (Å²) in [4.78, 5) is 38.2. The summed E-state index contributed by atoms with van der Waals surface area (Å²) in [7, 11) is -3.61. The van der Waals surface area contributed by atoms with Crippen LogP contribution in [0.5, 0.6) is 0 Å². The number of rotatable bonds is 9. The van der Waals surface area contributed by atoms with Gasteiger partial charge in [0.2, 0.25) is 15.9 Å². The Balaban J connectivity index is 1.67. The minimum absolute atomic E-state index is 0.146. The van der Waals surface area contributed by atoms with Gasteiger partial charge in [0, 0.05) is 18.8 Å². The van der Waals surface area contributed by atoms with Crippen molar-refractivity contribution in [3.05, 3.63) is 59.7 Å². The topological polar surface area (TPSA) is 104 Å². The summed E-state index contributed by atoms with van der Waals surface area (Å²) >= 11 is 0. The van der Waals surface area contributed by atoms with Crippen molar-refractivity contribution in [3.8, 4) is 0 Å². The molecule has 1 aliphatic heterocycles. The van der Waals surface area contributed by atoms with Crippen LogP contribution < -0.4 is 5.32 Å². The lowest BCUT2D eigenvalue weighted by Crippen LogP contribution is -2.37. The Morgan fingerprint density at radius 1 is 0.903 bits per heavy atom. The van der Waals surface area contributed by atoms with Crippen LogP contribution in [0.25, 0.3) is 0 Å². The van der Waals surface area contributed by atoms with Crippen molar-refractivity contribution in [3.63, 3.8) is 0 Å². The minimum atomic E-state index is -3.61. The molecule has 3 rings (SSSR count). The Hall–Kier alpha value is -3.04. The second-order valence-corrected chi connectivity index (χ2v) is 9.16. The molecule has 3 amide bonds. The maximum atomic E-state index is 12.8. The molecule has 1 heterocycles. The summed E-state index contributed by atoms with van der Waals surface area (Å²) < 4.78 is 27.1. The van der Waals surface area contributed by atoms with Gasteiger partial charge in [-0.1, -0.05) is 26.0 Å². The number of carbonyl (C=O) groups is 3.